The van der Waals surface area contributed by atoms with E-state index in [-0.39, 0.29) is 17.8 Å². The number of hydrogen-bond acceptors (Lipinski definition) is 4. The molecule has 1 heterocycles. The summed E-state index contributed by atoms with van der Waals surface area (Å²) in [6, 6.07) is 0.0832. The maximum Gasteiger partial charge on any atom is 0.236 e. The third-order valence-electron chi connectivity index (χ3n) is 3.63. The molecule has 1 aliphatic rings. The van der Waals surface area contributed by atoms with Crippen LogP contribution in [0, 0.1) is 5.41 Å². The molecule has 0 saturated carbocycles. The lowest BCUT2D eigenvalue weighted by Gasteiger charge is -2.33. The molecule has 6 heteroatoms. The third kappa shape index (κ3) is 2.52. The van der Waals surface area contributed by atoms with Crippen LogP contribution in [-0.4, -0.2) is 48.2 Å². The highest BCUT2D eigenvalue weighted by atomic mass is 16.5. The monoisotopic (exact) mass is 243 g/mol. The minimum Gasteiger partial charge on any atom is -0.409 e. The second-order valence-electron chi connectivity index (χ2n) is 4.60. The van der Waals surface area contributed by atoms with Gasteiger partial charge in [0.05, 0.1) is 12.6 Å². The molecule has 0 bridgehead atoms. The maximum atomic E-state index is 12.4. The Hall–Kier alpha value is -1.30. The van der Waals surface area contributed by atoms with Gasteiger partial charge in [-0.25, -0.2) is 0 Å². The average Bonchev–Trinajstić information content (AvgIpc) is 2.88. The molecular formula is C11H21N3O3. The summed E-state index contributed by atoms with van der Waals surface area (Å²) in [4.78, 5) is 14.0. The summed E-state index contributed by atoms with van der Waals surface area (Å²) in [5.41, 5.74) is 4.67. The first-order valence-corrected chi connectivity index (χ1v) is 5.80. The summed E-state index contributed by atoms with van der Waals surface area (Å²) in [6.45, 7) is 4.76. The smallest absolute Gasteiger partial charge is 0.236 e. The van der Waals surface area contributed by atoms with Gasteiger partial charge in [-0.15, -0.1) is 0 Å². The van der Waals surface area contributed by atoms with Gasteiger partial charge in [-0.1, -0.05) is 12.1 Å². The van der Waals surface area contributed by atoms with Gasteiger partial charge in [-0.3, -0.25) is 4.79 Å². The number of likely N-dealkylation sites (N-methyl/N-ethyl adjacent to an activating group) is 1. The van der Waals surface area contributed by atoms with Crippen molar-refractivity contribution in [3.05, 3.63) is 0 Å². The van der Waals surface area contributed by atoms with Crippen LogP contribution in [0.4, 0.5) is 0 Å². The first kappa shape index (κ1) is 13.8. The van der Waals surface area contributed by atoms with Crippen LogP contribution in [0.1, 0.15) is 26.7 Å². The van der Waals surface area contributed by atoms with E-state index < -0.39 is 5.41 Å². The fraction of sp³-hybridized carbons (Fsp3) is 0.818. The van der Waals surface area contributed by atoms with Crippen LogP contribution in [0.15, 0.2) is 5.16 Å². The molecule has 6 nitrogen and oxygen atoms in total. The molecule has 2 atom stereocenters. The van der Waals surface area contributed by atoms with Gasteiger partial charge >= 0.3 is 0 Å². The van der Waals surface area contributed by atoms with Gasteiger partial charge in [-0.05, 0) is 19.8 Å². The van der Waals surface area contributed by atoms with Gasteiger partial charge in [-0.2, -0.15) is 0 Å². The number of carbonyl (C=O) groups is 1. The number of nitrogens with two attached hydrogens (primary N) is 1. The maximum absolute atomic E-state index is 12.4. The van der Waals surface area contributed by atoms with Crippen molar-refractivity contribution < 1.29 is 14.7 Å². The Balaban J connectivity index is 2.85. The van der Waals surface area contributed by atoms with Crippen molar-refractivity contribution in [1.82, 2.24) is 4.90 Å². The Labute approximate surface area is 101 Å². The Morgan fingerprint density at radius 1 is 1.71 bits per heavy atom. The zero-order chi connectivity index (χ0) is 13.1. The van der Waals surface area contributed by atoms with Crippen molar-refractivity contribution in [2.24, 2.45) is 16.3 Å². The topological polar surface area (TPSA) is 88.2 Å². The fourth-order valence-corrected chi connectivity index (χ4v) is 1.93. The van der Waals surface area contributed by atoms with Crippen LogP contribution >= 0.6 is 0 Å². The first-order valence-electron chi connectivity index (χ1n) is 5.80. The Morgan fingerprint density at radius 2 is 2.35 bits per heavy atom. The lowest BCUT2D eigenvalue weighted by Crippen LogP contribution is -2.51. The predicted molar refractivity (Wildman–Crippen MR) is 63.8 cm³/mol. The molecule has 0 aromatic heterocycles. The lowest BCUT2D eigenvalue weighted by molar-refractivity contribution is -0.138. The third-order valence-corrected chi connectivity index (χ3v) is 3.63. The largest absolute Gasteiger partial charge is 0.409 e. The van der Waals surface area contributed by atoms with Crippen LogP contribution < -0.4 is 5.73 Å². The summed E-state index contributed by atoms with van der Waals surface area (Å²) in [5.74, 6) is -0.179. The van der Waals surface area contributed by atoms with Crippen LogP contribution in [0.3, 0.4) is 0 Å². The molecule has 0 aromatic carbocycles. The highest BCUT2D eigenvalue weighted by molar-refractivity contribution is 6.06. The second-order valence-corrected chi connectivity index (χ2v) is 4.60. The number of carbonyl (C=O) groups excluding carboxylic acids is 1. The molecule has 0 spiro atoms. The van der Waals surface area contributed by atoms with Crippen LogP contribution in [-0.2, 0) is 9.53 Å². The van der Waals surface area contributed by atoms with E-state index in [1.165, 1.54) is 0 Å². The number of hydrogen-bond donors (Lipinski definition) is 2. The summed E-state index contributed by atoms with van der Waals surface area (Å²) in [5, 5.41) is 11.7. The molecule has 1 saturated heterocycles. The van der Waals surface area contributed by atoms with Crippen molar-refractivity contribution in [2.45, 2.75) is 32.7 Å². The van der Waals surface area contributed by atoms with Crippen molar-refractivity contribution in [1.29, 1.82) is 0 Å². The van der Waals surface area contributed by atoms with Gasteiger partial charge in [0.25, 0.3) is 0 Å². The van der Waals surface area contributed by atoms with E-state index in [0.29, 0.717) is 19.6 Å². The summed E-state index contributed by atoms with van der Waals surface area (Å²) < 4.78 is 5.26. The van der Waals surface area contributed by atoms with Crippen LogP contribution in [0.2, 0.25) is 0 Å². The van der Waals surface area contributed by atoms with Crippen LogP contribution in [0.5, 0.6) is 0 Å². The summed E-state index contributed by atoms with van der Waals surface area (Å²) >= 11 is 0. The van der Waals surface area contributed by atoms with E-state index in [2.05, 4.69) is 5.16 Å². The Bertz CT molecular complexity index is 313. The number of ether oxygens (including phenoxy) is 1. The highest BCUT2D eigenvalue weighted by Crippen LogP contribution is 2.26. The zero-order valence-corrected chi connectivity index (χ0v) is 10.6. The van der Waals surface area contributed by atoms with Gasteiger partial charge in [0.1, 0.15) is 5.41 Å². The molecule has 98 valence electrons. The zero-order valence-electron chi connectivity index (χ0n) is 10.6. The molecular weight excluding hydrogens is 222 g/mol. The Morgan fingerprint density at radius 3 is 2.76 bits per heavy atom. The normalized spacial score (nSPS) is 24.4. The molecule has 1 fully saturated rings. The number of oxime groups is 1. The van der Waals surface area contributed by atoms with Gasteiger partial charge in [0.15, 0.2) is 5.84 Å². The van der Waals surface area contributed by atoms with Crippen molar-refractivity contribution in [3.8, 4) is 0 Å². The molecule has 0 aromatic rings. The second kappa shape index (κ2) is 5.35. The average molecular weight is 243 g/mol. The Kier molecular flexibility index (Phi) is 4.34. The van der Waals surface area contributed by atoms with E-state index >= 15 is 0 Å². The number of amides is 1. The minimum atomic E-state index is -0.952. The quantitative estimate of drug-likeness (QED) is 0.324. The van der Waals surface area contributed by atoms with E-state index in [0.717, 1.165) is 6.42 Å². The number of nitrogens with zero attached hydrogens (tertiary/aromatic N) is 2. The van der Waals surface area contributed by atoms with Gasteiger partial charge in [0, 0.05) is 13.7 Å². The highest BCUT2D eigenvalue weighted by Gasteiger charge is 2.40. The number of amidine groups is 1. The van der Waals surface area contributed by atoms with E-state index in [4.69, 9.17) is 15.7 Å². The van der Waals surface area contributed by atoms with Crippen LogP contribution in [0.25, 0.3) is 0 Å². The van der Waals surface area contributed by atoms with Crippen molar-refractivity contribution in [2.75, 3.05) is 20.3 Å². The van der Waals surface area contributed by atoms with Gasteiger partial charge < -0.3 is 20.6 Å². The minimum absolute atomic E-state index is 0.0456. The fourth-order valence-electron chi connectivity index (χ4n) is 1.93. The van der Waals surface area contributed by atoms with Crippen molar-refractivity contribution >= 4 is 11.7 Å². The molecule has 17 heavy (non-hydrogen) atoms. The summed E-state index contributed by atoms with van der Waals surface area (Å²) in [6.07, 6.45) is 1.32. The van der Waals surface area contributed by atoms with E-state index in [9.17, 15) is 4.79 Å². The van der Waals surface area contributed by atoms with E-state index in [1.807, 2.05) is 6.92 Å². The molecule has 2 unspecified atom stereocenters. The molecule has 3 N–H and O–H groups in total. The molecule has 0 radical (unpaired) electrons. The van der Waals surface area contributed by atoms with Gasteiger partial charge in [0.2, 0.25) is 5.91 Å². The molecule has 0 aliphatic carbocycles. The molecule has 1 aliphatic heterocycles. The molecule has 1 rings (SSSR count). The molecule has 1 amide bonds. The SMILES string of the molecule is CCC(C)(C(=O)N(C)C1CCOC1)C(N)=NO. The number of rotatable bonds is 4. The van der Waals surface area contributed by atoms with Crippen molar-refractivity contribution in [3.63, 3.8) is 0 Å². The first-order chi connectivity index (χ1) is 7.97. The standard InChI is InChI=1S/C11H21N3O3/c1-4-11(2,9(12)13-16)10(15)14(3)8-5-6-17-7-8/h8,16H,4-7H2,1-3H3,(H2,12,13). The van der Waals surface area contributed by atoms with E-state index in [1.54, 1.807) is 18.9 Å². The summed E-state index contributed by atoms with van der Waals surface area (Å²) in [7, 11) is 1.74. The predicted octanol–water partition coefficient (Wildman–Crippen LogP) is 0.396. The lowest BCUT2D eigenvalue weighted by atomic mass is 9.84.